The summed E-state index contributed by atoms with van der Waals surface area (Å²) in [5.74, 6) is -1.83. The summed E-state index contributed by atoms with van der Waals surface area (Å²) in [5, 5.41) is 9.34. The lowest BCUT2D eigenvalue weighted by Gasteiger charge is -2.37. The van der Waals surface area contributed by atoms with Gasteiger partial charge in [0.2, 0.25) is 0 Å². The molecular weight excluding hydrogens is 275 g/mol. The second kappa shape index (κ2) is 6.11. The van der Waals surface area contributed by atoms with Crippen molar-refractivity contribution in [1.82, 2.24) is 4.90 Å². The number of hydrogen-bond acceptors (Lipinski definition) is 3. The molecule has 1 fully saturated rings. The van der Waals surface area contributed by atoms with Crippen molar-refractivity contribution >= 4 is 17.6 Å². The highest BCUT2D eigenvalue weighted by Crippen LogP contribution is 2.28. The summed E-state index contributed by atoms with van der Waals surface area (Å²) in [5.41, 5.74) is 5.89. The van der Waals surface area contributed by atoms with Crippen molar-refractivity contribution < 1.29 is 19.1 Å². The number of likely N-dealkylation sites (tertiary alicyclic amines) is 1. The molecule has 2 rings (SSSR count). The summed E-state index contributed by atoms with van der Waals surface area (Å²) >= 11 is 0. The zero-order valence-electron chi connectivity index (χ0n) is 11.9. The van der Waals surface area contributed by atoms with Gasteiger partial charge in [0.05, 0.1) is 5.56 Å². The summed E-state index contributed by atoms with van der Waals surface area (Å²) in [6.45, 7) is 2.36. The fraction of sp³-hybridized carbons (Fsp3) is 0.467. The van der Waals surface area contributed by atoms with Crippen molar-refractivity contribution in [3.05, 3.63) is 29.6 Å². The van der Waals surface area contributed by atoms with E-state index >= 15 is 0 Å². The van der Waals surface area contributed by atoms with E-state index in [0.29, 0.717) is 18.9 Å². The first-order chi connectivity index (χ1) is 9.93. The Labute approximate surface area is 122 Å². The van der Waals surface area contributed by atoms with E-state index in [9.17, 15) is 19.1 Å². The van der Waals surface area contributed by atoms with Crippen molar-refractivity contribution in [3.8, 4) is 0 Å². The van der Waals surface area contributed by atoms with E-state index in [1.807, 2.05) is 6.92 Å². The van der Waals surface area contributed by atoms with Crippen LogP contribution in [0.2, 0.25) is 0 Å². The molecule has 21 heavy (non-hydrogen) atoms. The lowest BCUT2D eigenvalue weighted by molar-refractivity contribution is -0.144. The van der Waals surface area contributed by atoms with Crippen LogP contribution in [0, 0.1) is 11.7 Å². The Morgan fingerprint density at radius 3 is 2.81 bits per heavy atom. The molecule has 1 amide bonds. The molecule has 1 saturated heterocycles. The lowest BCUT2D eigenvalue weighted by atomic mass is 9.88. The Morgan fingerprint density at radius 1 is 1.48 bits per heavy atom. The summed E-state index contributed by atoms with van der Waals surface area (Å²) < 4.78 is 13.3. The third-order valence-corrected chi connectivity index (χ3v) is 4.08. The highest BCUT2D eigenvalue weighted by Gasteiger charge is 2.36. The number of nitrogen functional groups attached to an aromatic ring is 1. The quantitative estimate of drug-likeness (QED) is 0.836. The minimum atomic E-state index is -1.03. The first-order valence-electron chi connectivity index (χ1n) is 7.02. The van der Waals surface area contributed by atoms with Crippen molar-refractivity contribution in [2.24, 2.45) is 5.92 Å². The van der Waals surface area contributed by atoms with Crippen LogP contribution in [0.4, 0.5) is 10.1 Å². The van der Waals surface area contributed by atoms with Gasteiger partial charge in [-0.05, 0) is 37.0 Å². The van der Waals surface area contributed by atoms with Crippen LogP contribution >= 0.6 is 0 Å². The maximum absolute atomic E-state index is 13.3. The largest absolute Gasteiger partial charge is 0.480 e. The van der Waals surface area contributed by atoms with Crippen LogP contribution in [0.15, 0.2) is 18.2 Å². The molecule has 3 N–H and O–H groups in total. The van der Waals surface area contributed by atoms with Crippen LogP contribution in [-0.4, -0.2) is 34.5 Å². The molecule has 0 radical (unpaired) electrons. The van der Waals surface area contributed by atoms with Gasteiger partial charge >= 0.3 is 5.97 Å². The van der Waals surface area contributed by atoms with Gasteiger partial charge < -0.3 is 15.7 Å². The Hall–Kier alpha value is -2.11. The van der Waals surface area contributed by atoms with Crippen molar-refractivity contribution in [1.29, 1.82) is 0 Å². The monoisotopic (exact) mass is 294 g/mol. The zero-order valence-corrected chi connectivity index (χ0v) is 11.9. The number of nitrogens with two attached hydrogens (primary N) is 1. The fourth-order valence-corrected chi connectivity index (χ4v) is 2.75. The van der Waals surface area contributed by atoms with Gasteiger partial charge in [-0.3, -0.25) is 4.79 Å². The van der Waals surface area contributed by atoms with Crippen LogP contribution in [0.25, 0.3) is 0 Å². The fourth-order valence-electron chi connectivity index (χ4n) is 2.75. The van der Waals surface area contributed by atoms with E-state index in [1.54, 1.807) is 0 Å². The van der Waals surface area contributed by atoms with Crippen LogP contribution < -0.4 is 5.73 Å². The van der Waals surface area contributed by atoms with Crippen LogP contribution in [0.3, 0.4) is 0 Å². The molecule has 0 saturated carbocycles. The van der Waals surface area contributed by atoms with Gasteiger partial charge in [0.25, 0.3) is 5.91 Å². The molecule has 2 unspecified atom stereocenters. The van der Waals surface area contributed by atoms with Gasteiger partial charge in [-0.15, -0.1) is 0 Å². The molecule has 0 spiro atoms. The topological polar surface area (TPSA) is 83.6 Å². The predicted octanol–water partition coefficient (Wildman–Crippen LogP) is 2.12. The number of piperidine rings is 1. The van der Waals surface area contributed by atoms with Crippen LogP contribution in [-0.2, 0) is 4.79 Å². The minimum absolute atomic E-state index is 0.0243. The summed E-state index contributed by atoms with van der Waals surface area (Å²) in [6, 6.07) is 2.67. The first-order valence-corrected chi connectivity index (χ1v) is 7.02. The summed E-state index contributed by atoms with van der Waals surface area (Å²) in [4.78, 5) is 25.2. The van der Waals surface area contributed by atoms with Crippen LogP contribution in [0.5, 0.6) is 0 Å². The molecule has 1 heterocycles. The molecule has 2 atom stereocenters. The molecule has 1 aliphatic rings. The lowest BCUT2D eigenvalue weighted by Crippen LogP contribution is -2.50. The Balaban J connectivity index is 2.28. The number of carbonyl (C=O) groups is 2. The third-order valence-electron chi connectivity index (χ3n) is 4.08. The number of nitrogens with zero attached hydrogens (tertiary/aromatic N) is 1. The molecule has 5 nitrogen and oxygen atoms in total. The SMILES string of the molecule is CCC1CCN(C(=O)c2cc(F)ccc2N)C(C(=O)O)C1. The van der Waals surface area contributed by atoms with E-state index in [0.717, 1.165) is 18.9 Å². The van der Waals surface area contributed by atoms with Gasteiger partial charge in [-0.1, -0.05) is 13.3 Å². The van der Waals surface area contributed by atoms with E-state index < -0.39 is 23.7 Å². The normalized spacial score (nSPS) is 22.1. The molecular formula is C15H19FN2O3. The van der Waals surface area contributed by atoms with E-state index in [2.05, 4.69) is 0 Å². The highest BCUT2D eigenvalue weighted by molar-refractivity contribution is 6.01. The third kappa shape index (κ3) is 3.15. The smallest absolute Gasteiger partial charge is 0.326 e. The van der Waals surface area contributed by atoms with E-state index in [1.165, 1.54) is 17.0 Å². The number of carboxylic acids is 1. The van der Waals surface area contributed by atoms with Gasteiger partial charge in [0.15, 0.2) is 0 Å². The van der Waals surface area contributed by atoms with Gasteiger partial charge in [0.1, 0.15) is 11.9 Å². The number of carboxylic acid groups (broad SMARTS) is 1. The molecule has 1 aliphatic heterocycles. The second-order valence-electron chi connectivity index (χ2n) is 5.38. The maximum atomic E-state index is 13.3. The predicted molar refractivity (Wildman–Crippen MR) is 76.3 cm³/mol. The average Bonchev–Trinajstić information content (AvgIpc) is 2.48. The number of benzene rings is 1. The molecule has 114 valence electrons. The average molecular weight is 294 g/mol. The van der Waals surface area contributed by atoms with E-state index in [-0.39, 0.29) is 11.3 Å². The standard InChI is InChI=1S/C15H19FN2O3/c1-2-9-5-6-18(13(7-9)15(20)21)14(19)11-8-10(16)3-4-12(11)17/h3-4,8-9,13H,2,5-7,17H2,1H3,(H,20,21). The number of halogens is 1. The molecule has 0 bridgehead atoms. The van der Waals surface area contributed by atoms with Crippen molar-refractivity contribution in [2.45, 2.75) is 32.2 Å². The Kier molecular flexibility index (Phi) is 4.45. The number of hydrogen-bond donors (Lipinski definition) is 2. The van der Waals surface area contributed by atoms with E-state index in [4.69, 9.17) is 5.73 Å². The maximum Gasteiger partial charge on any atom is 0.326 e. The second-order valence-corrected chi connectivity index (χ2v) is 5.38. The van der Waals surface area contributed by atoms with Gasteiger partial charge in [-0.25, -0.2) is 9.18 Å². The van der Waals surface area contributed by atoms with Crippen molar-refractivity contribution in [3.63, 3.8) is 0 Å². The Bertz CT molecular complexity index is 562. The highest BCUT2D eigenvalue weighted by atomic mass is 19.1. The number of amides is 1. The zero-order chi connectivity index (χ0) is 15.6. The molecule has 0 aliphatic carbocycles. The number of carbonyl (C=O) groups excluding carboxylic acids is 1. The molecule has 6 heteroatoms. The molecule has 1 aromatic carbocycles. The Morgan fingerprint density at radius 2 is 2.19 bits per heavy atom. The van der Waals surface area contributed by atoms with Crippen LogP contribution in [0.1, 0.15) is 36.5 Å². The minimum Gasteiger partial charge on any atom is -0.480 e. The summed E-state index contributed by atoms with van der Waals surface area (Å²) in [7, 11) is 0. The molecule has 1 aromatic rings. The number of aliphatic carboxylic acids is 1. The first kappa shape index (κ1) is 15.3. The molecule has 0 aromatic heterocycles. The number of rotatable bonds is 3. The number of anilines is 1. The van der Waals surface area contributed by atoms with Gasteiger partial charge in [-0.2, -0.15) is 0 Å². The van der Waals surface area contributed by atoms with Crippen molar-refractivity contribution in [2.75, 3.05) is 12.3 Å². The summed E-state index contributed by atoms with van der Waals surface area (Å²) in [6.07, 6.45) is 2.06. The van der Waals surface area contributed by atoms with Gasteiger partial charge in [0, 0.05) is 12.2 Å².